The predicted octanol–water partition coefficient (Wildman–Crippen LogP) is 5.52. The molecular formula is C25H21N3O2. The first-order valence-corrected chi connectivity index (χ1v) is 9.74. The number of nitriles is 1. The fraction of sp³-hybridized carbons (Fsp3) is 0.160. The number of nitrogens with zero attached hydrogens (tertiary/aromatic N) is 2. The molecule has 0 saturated heterocycles. The third-order valence-electron chi connectivity index (χ3n) is 5.18. The average Bonchev–Trinajstić information content (AvgIpc) is 2.77. The summed E-state index contributed by atoms with van der Waals surface area (Å²) in [4.78, 5) is 17.3. The van der Waals surface area contributed by atoms with E-state index in [4.69, 9.17) is 4.42 Å². The molecule has 2 aromatic heterocycles. The largest absolute Gasteiger partial charge is 0.455 e. The Kier molecular flexibility index (Phi) is 5.07. The van der Waals surface area contributed by atoms with Crippen LogP contribution in [0.5, 0.6) is 0 Å². The zero-order valence-electron chi connectivity index (χ0n) is 17.1. The summed E-state index contributed by atoms with van der Waals surface area (Å²) in [6.45, 7) is 5.73. The SMILES string of the molecule is Cc1cc([C@@H](C)Nc2cccnc2C#N)c2oc(-c3ccccc3)c(C)c(=O)c2c1. The Labute approximate surface area is 174 Å². The summed E-state index contributed by atoms with van der Waals surface area (Å²) in [6, 6.07) is 19.0. The Morgan fingerprint density at radius 2 is 1.87 bits per heavy atom. The highest BCUT2D eigenvalue weighted by atomic mass is 16.3. The lowest BCUT2D eigenvalue weighted by Gasteiger charge is -2.19. The molecular weight excluding hydrogens is 374 g/mol. The molecule has 0 fully saturated rings. The molecule has 0 aliphatic rings. The minimum absolute atomic E-state index is 0.0358. The van der Waals surface area contributed by atoms with Gasteiger partial charge in [0.15, 0.2) is 11.1 Å². The second kappa shape index (κ2) is 7.84. The van der Waals surface area contributed by atoms with E-state index in [0.717, 1.165) is 16.7 Å². The molecule has 1 atom stereocenters. The third kappa shape index (κ3) is 3.44. The fourth-order valence-corrected chi connectivity index (χ4v) is 3.68. The Bertz CT molecular complexity index is 1330. The van der Waals surface area contributed by atoms with Gasteiger partial charge in [-0.05, 0) is 44.5 Å². The van der Waals surface area contributed by atoms with E-state index in [1.165, 1.54) is 0 Å². The number of hydrogen-bond acceptors (Lipinski definition) is 5. The molecule has 5 nitrogen and oxygen atoms in total. The van der Waals surface area contributed by atoms with Gasteiger partial charge in [0.05, 0.1) is 17.1 Å². The number of anilines is 1. The molecule has 1 N–H and O–H groups in total. The van der Waals surface area contributed by atoms with Crippen LogP contribution >= 0.6 is 0 Å². The molecule has 0 radical (unpaired) electrons. The second-order valence-electron chi connectivity index (χ2n) is 7.36. The number of nitrogens with one attached hydrogen (secondary N) is 1. The number of fused-ring (bicyclic) bond motifs is 1. The smallest absolute Gasteiger partial charge is 0.196 e. The van der Waals surface area contributed by atoms with Crippen LogP contribution in [0, 0.1) is 25.2 Å². The van der Waals surface area contributed by atoms with E-state index in [-0.39, 0.29) is 11.5 Å². The minimum atomic E-state index is -0.210. The van der Waals surface area contributed by atoms with E-state index in [0.29, 0.717) is 33.7 Å². The predicted molar refractivity (Wildman–Crippen MR) is 118 cm³/mol. The van der Waals surface area contributed by atoms with Crippen LogP contribution < -0.4 is 10.7 Å². The van der Waals surface area contributed by atoms with Crippen LogP contribution in [0.15, 0.2) is 70.0 Å². The van der Waals surface area contributed by atoms with Gasteiger partial charge < -0.3 is 9.73 Å². The number of rotatable bonds is 4. The van der Waals surface area contributed by atoms with Crippen molar-refractivity contribution in [2.75, 3.05) is 5.32 Å². The average molecular weight is 395 g/mol. The normalized spacial score (nSPS) is 11.8. The molecule has 30 heavy (non-hydrogen) atoms. The molecule has 2 heterocycles. The number of pyridine rings is 1. The van der Waals surface area contributed by atoms with E-state index < -0.39 is 0 Å². The quantitative estimate of drug-likeness (QED) is 0.492. The van der Waals surface area contributed by atoms with Crippen molar-refractivity contribution in [3.63, 3.8) is 0 Å². The first kappa shape index (κ1) is 19.4. The summed E-state index contributed by atoms with van der Waals surface area (Å²) in [6.07, 6.45) is 1.59. The van der Waals surface area contributed by atoms with Crippen LogP contribution in [-0.4, -0.2) is 4.98 Å². The zero-order valence-corrected chi connectivity index (χ0v) is 17.1. The van der Waals surface area contributed by atoms with Crippen LogP contribution in [0.1, 0.15) is 35.3 Å². The molecule has 5 heteroatoms. The van der Waals surface area contributed by atoms with E-state index in [9.17, 15) is 10.1 Å². The summed E-state index contributed by atoms with van der Waals surface area (Å²) < 4.78 is 6.34. The lowest BCUT2D eigenvalue weighted by molar-refractivity contribution is 0.605. The van der Waals surface area contributed by atoms with E-state index in [1.807, 2.05) is 62.4 Å². The summed E-state index contributed by atoms with van der Waals surface area (Å²) in [5, 5.41) is 13.2. The van der Waals surface area contributed by atoms with Crippen molar-refractivity contribution in [2.24, 2.45) is 0 Å². The molecule has 4 aromatic rings. The zero-order chi connectivity index (χ0) is 21.3. The Balaban J connectivity index is 1.90. The molecule has 0 aliphatic heterocycles. The van der Waals surface area contributed by atoms with Crippen molar-refractivity contribution in [1.29, 1.82) is 5.26 Å². The monoisotopic (exact) mass is 395 g/mol. The molecule has 0 aliphatic carbocycles. The highest BCUT2D eigenvalue weighted by Gasteiger charge is 2.19. The van der Waals surface area contributed by atoms with Crippen molar-refractivity contribution < 1.29 is 4.42 Å². The number of benzene rings is 2. The van der Waals surface area contributed by atoms with Crippen molar-refractivity contribution in [3.05, 3.63) is 93.4 Å². The van der Waals surface area contributed by atoms with Crippen molar-refractivity contribution in [3.8, 4) is 17.4 Å². The molecule has 0 amide bonds. The lowest BCUT2D eigenvalue weighted by Crippen LogP contribution is -2.13. The standard InChI is InChI=1S/C25H21N3O2/c1-15-12-19(17(3)28-21-10-7-11-27-22(21)14-26)25-20(13-15)23(29)16(2)24(30-25)18-8-5-4-6-9-18/h4-13,17,28H,1-3H3/t17-/m1/s1. The topological polar surface area (TPSA) is 78.9 Å². The highest BCUT2D eigenvalue weighted by Crippen LogP contribution is 2.32. The molecule has 0 spiro atoms. The number of hydrogen-bond donors (Lipinski definition) is 1. The Morgan fingerprint density at radius 3 is 2.60 bits per heavy atom. The van der Waals surface area contributed by atoms with Crippen molar-refractivity contribution in [1.82, 2.24) is 4.98 Å². The van der Waals surface area contributed by atoms with Gasteiger partial charge in [-0.1, -0.05) is 36.4 Å². The first-order chi connectivity index (χ1) is 14.5. The van der Waals surface area contributed by atoms with Crippen molar-refractivity contribution >= 4 is 16.7 Å². The van der Waals surface area contributed by atoms with Gasteiger partial charge in [-0.2, -0.15) is 5.26 Å². The fourth-order valence-electron chi connectivity index (χ4n) is 3.68. The summed E-state index contributed by atoms with van der Waals surface area (Å²) in [5.41, 5.74) is 4.75. The Hall–Kier alpha value is -3.91. The van der Waals surface area contributed by atoms with Crippen molar-refractivity contribution in [2.45, 2.75) is 26.8 Å². The van der Waals surface area contributed by atoms with Crippen LogP contribution in [-0.2, 0) is 0 Å². The number of aromatic nitrogens is 1. The molecule has 0 unspecified atom stereocenters. The highest BCUT2D eigenvalue weighted by molar-refractivity contribution is 5.84. The first-order valence-electron chi connectivity index (χ1n) is 9.74. The van der Waals surface area contributed by atoms with Gasteiger partial charge in [0, 0.05) is 22.9 Å². The maximum atomic E-state index is 13.2. The van der Waals surface area contributed by atoms with E-state index >= 15 is 0 Å². The summed E-state index contributed by atoms with van der Waals surface area (Å²) >= 11 is 0. The summed E-state index contributed by atoms with van der Waals surface area (Å²) in [5.74, 6) is 0.574. The summed E-state index contributed by atoms with van der Waals surface area (Å²) in [7, 11) is 0. The maximum Gasteiger partial charge on any atom is 0.196 e. The minimum Gasteiger partial charge on any atom is -0.455 e. The molecule has 0 bridgehead atoms. The van der Waals surface area contributed by atoms with Gasteiger partial charge in [0.2, 0.25) is 0 Å². The van der Waals surface area contributed by atoms with Gasteiger partial charge in [-0.25, -0.2) is 4.98 Å². The number of aryl methyl sites for hydroxylation is 1. The van der Waals surface area contributed by atoms with Gasteiger partial charge in [0.1, 0.15) is 17.4 Å². The lowest BCUT2D eigenvalue weighted by atomic mass is 9.98. The molecule has 148 valence electrons. The van der Waals surface area contributed by atoms with Crippen LogP contribution in [0.25, 0.3) is 22.3 Å². The van der Waals surface area contributed by atoms with E-state index in [2.05, 4.69) is 16.4 Å². The third-order valence-corrected chi connectivity index (χ3v) is 5.18. The van der Waals surface area contributed by atoms with Gasteiger partial charge in [0.25, 0.3) is 0 Å². The van der Waals surface area contributed by atoms with E-state index in [1.54, 1.807) is 19.2 Å². The van der Waals surface area contributed by atoms with Gasteiger partial charge in [-0.15, -0.1) is 0 Å². The molecule has 0 saturated carbocycles. The second-order valence-corrected chi connectivity index (χ2v) is 7.36. The molecule has 4 rings (SSSR count). The maximum absolute atomic E-state index is 13.2. The van der Waals surface area contributed by atoms with Crippen LogP contribution in [0.4, 0.5) is 5.69 Å². The van der Waals surface area contributed by atoms with Crippen LogP contribution in [0.2, 0.25) is 0 Å². The van der Waals surface area contributed by atoms with Gasteiger partial charge in [-0.3, -0.25) is 4.79 Å². The molecule has 2 aromatic carbocycles. The Morgan fingerprint density at radius 1 is 1.10 bits per heavy atom. The van der Waals surface area contributed by atoms with Crippen LogP contribution in [0.3, 0.4) is 0 Å². The van der Waals surface area contributed by atoms with Gasteiger partial charge >= 0.3 is 0 Å².